The fraction of sp³-hybridized carbons (Fsp3) is 0.467. The number of hydrogen-bond donors (Lipinski definition) is 0. The minimum absolute atomic E-state index is 0.118. The van der Waals surface area contributed by atoms with Crippen molar-refractivity contribution in [1.29, 1.82) is 0 Å². The third-order valence-corrected chi connectivity index (χ3v) is 8.75. The highest BCUT2D eigenvalue weighted by atomic mass is 28.3. The summed E-state index contributed by atoms with van der Waals surface area (Å²) in [5.74, 6) is -0.730. The standard InChI is InChI=1S/C15H23NO3Si/c1-12(17)19-16(20(5,6)15(2,3)4)14(18)13-10-8-7-9-11-13/h7-11H,1-6H3. The van der Waals surface area contributed by atoms with Crippen molar-refractivity contribution in [2.45, 2.75) is 45.8 Å². The summed E-state index contributed by atoms with van der Waals surface area (Å²) in [7, 11) is -2.30. The summed E-state index contributed by atoms with van der Waals surface area (Å²) in [6.07, 6.45) is 0. The zero-order valence-electron chi connectivity index (χ0n) is 13.1. The molecule has 1 rings (SSSR count). The van der Waals surface area contributed by atoms with Crippen LogP contribution in [0.25, 0.3) is 0 Å². The number of carbonyl (C=O) groups is 2. The predicted molar refractivity (Wildman–Crippen MR) is 81.6 cm³/mol. The lowest BCUT2D eigenvalue weighted by molar-refractivity contribution is -0.162. The van der Waals surface area contributed by atoms with Crippen LogP contribution in [0.5, 0.6) is 0 Å². The smallest absolute Gasteiger partial charge is 0.328 e. The van der Waals surface area contributed by atoms with Crippen molar-refractivity contribution < 1.29 is 14.4 Å². The van der Waals surface area contributed by atoms with Gasteiger partial charge in [0.05, 0.1) is 0 Å². The number of hydroxylamine groups is 1. The van der Waals surface area contributed by atoms with Gasteiger partial charge in [-0.1, -0.05) is 39.0 Å². The van der Waals surface area contributed by atoms with Crippen molar-refractivity contribution in [2.75, 3.05) is 0 Å². The third kappa shape index (κ3) is 3.48. The van der Waals surface area contributed by atoms with Crippen LogP contribution < -0.4 is 0 Å². The minimum Gasteiger partial charge on any atom is -0.347 e. The Bertz CT molecular complexity index is 492. The fourth-order valence-electron chi connectivity index (χ4n) is 1.54. The molecule has 0 heterocycles. The molecule has 0 unspecified atom stereocenters. The Kier molecular flexibility index (Phi) is 4.75. The Hall–Kier alpha value is -1.62. The lowest BCUT2D eigenvalue weighted by atomic mass is 10.2. The molecule has 0 aromatic heterocycles. The molecule has 0 fully saturated rings. The van der Waals surface area contributed by atoms with E-state index in [9.17, 15) is 9.59 Å². The summed E-state index contributed by atoms with van der Waals surface area (Å²) < 4.78 is 1.32. The minimum atomic E-state index is -2.30. The normalized spacial score (nSPS) is 11.9. The van der Waals surface area contributed by atoms with Gasteiger partial charge in [-0.2, -0.15) is 0 Å². The van der Waals surface area contributed by atoms with Gasteiger partial charge in [-0.3, -0.25) is 9.59 Å². The average molecular weight is 293 g/mol. The first-order chi connectivity index (χ1) is 9.07. The molecule has 0 saturated heterocycles. The number of nitrogens with zero attached hydrogens (tertiary/aromatic N) is 1. The SMILES string of the molecule is CC(=O)ON(C(=O)c1ccccc1)[Si](C)(C)C(C)(C)C. The van der Waals surface area contributed by atoms with Gasteiger partial charge in [-0.05, 0) is 30.3 Å². The Morgan fingerprint density at radius 2 is 1.60 bits per heavy atom. The Morgan fingerprint density at radius 3 is 2.00 bits per heavy atom. The van der Waals surface area contributed by atoms with Gasteiger partial charge in [0.1, 0.15) is 0 Å². The third-order valence-electron chi connectivity index (χ3n) is 3.77. The van der Waals surface area contributed by atoms with Gasteiger partial charge < -0.3 is 4.84 Å². The maximum atomic E-state index is 12.7. The number of amides is 1. The van der Waals surface area contributed by atoms with Crippen molar-refractivity contribution in [1.82, 2.24) is 4.73 Å². The first kappa shape index (κ1) is 16.4. The molecule has 0 radical (unpaired) electrons. The first-order valence-electron chi connectivity index (χ1n) is 6.65. The van der Waals surface area contributed by atoms with Gasteiger partial charge in [0.15, 0.2) is 0 Å². The van der Waals surface area contributed by atoms with Crippen LogP contribution in [0.1, 0.15) is 38.1 Å². The maximum absolute atomic E-state index is 12.7. The van der Waals surface area contributed by atoms with Crippen LogP contribution >= 0.6 is 0 Å². The summed E-state index contributed by atoms with van der Waals surface area (Å²) in [5.41, 5.74) is 0.526. The number of rotatable bonds is 2. The van der Waals surface area contributed by atoms with Gasteiger partial charge in [0.2, 0.25) is 8.24 Å². The molecule has 0 atom stereocenters. The van der Waals surface area contributed by atoms with Crippen LogP contribution in [0.3, 0.4) is 0 Å². The molecule has 110 valence electrons. The van der Waals surface area contributed by atoms with E-state index >= 15 is 0 Å². The highest BCUT2D eigenvalue weighted by Gasteiger charge is 2.46. The first-order valence-corrected chi connectivity index (χ1v) is 9.60. The Balaban J connectivity index is 3.20. The number of benzene rings is 1. The summed E-state index contributed by atoms with van der Waals surface area (Å²) in [6.45, 7) is 11.6. The molecule has 0 N–H and O–H groups in total. The number of hydrogen-bond acceptors (Lipinski definition) is 3. The summed E-state index contributed by atoms with van der Waals surface area (Å²) in [5, 5.41) is -0.118. The van der Waals surface area contributed by atoms with E-state index in [1.165, 1.54) is 11.7 Å². The largest absolute Gasteiger partial charge is 0.347 e. The van der Waals surface area contributed by atoms with Crippen LogP contribution in [0.4, 0.5) is 0 Å². The highest BCUT2D eigenvalue weighted by Crippen LogP contribution is 2.39. The summed E-state index contributed by atoms with van der Waals surface area (Å²) in [4.78, 5) is 29.3. The molecule has 1 aromatic rings. The van der Waals surface area contributed by atoms with E-state index in [-0.39, 0.29) is 10.9 Å². The topological polar surface area (TPSA) is 46.6 Å². The van der Waals surface area contributed by atoms with Crippen molar-refractivity contribution >= 4 is 20.1 Å². The van der Waals surface area contributed by atoms with Crippen LogP contribution in [0.2, 0.25) is 18.1 Å². The van der Waals surface area contributed by atoms with E-state index in [2.05, 4.69) is 20.8 Å². The molecule has 0 aliphatic heterocycles. The van der Waals surface area contributed by atoms with Crippen molar-refractivity contribution in [3.05, 3.63) is 35.9 Å². The molecular formula is C15H23NO3Si. The van der Waals surface area contributed by atoms with Crippen LogP contribution in [-0.2, 0) is 9.63 Å². The van der Waals surface area contributed by atoms with Crippen molar-refractivity contribution in [2.24, 2.45) is 0 Å². The summed E-state index contributed by atoms with van der Waals surface area (Å²) >= 11 is 0. The molecule has 5 heteroatoms. The van der Waals surface area contributed by atoms with Gasteiger partial charge in [-0.15, -0.1) is 0 Å². The molecule has 20 heavy (non-hydrogen) atoms. The van der Waals surface area contributed by atoms with Gasteiger partial charge in [0, 0.05) is 12.5 Å². The molecule has 0 saturated carbocycles. The van der Waals surface area contributed by atoms with Gasteiger partial charge in [-0.25, -0.2) is 4.73 Å². The van der Waals surface area contributed by atoms with E-state index in [0.717, 1.165) is 0 Å². The van der Waals surface area contributed by atoms with Crippen molar-refractivity contribution in [3.8, 4) is 0 Å². The molecule has 1 amide bonds. The van der Waals surface area contributed by atoms with Crippen LogP contribution in [-0.4, -0.2) is 24.8 Å². The van der Waals surface area contributed by atoms with E-state index < -0.39 is 14.2 Å². The average Bonchev–Trinajstić information content (AvgIpc) is 2.34. The van der Waals surface area contributed by atoms with Crippen LogP contribution in [0.15, 0.2) is 30.3 Å². The molecule has 1 aromatic carbocycles. The zero-order valence-corrected chi connectivity index (χ0v) is 14.1. The zero-order chi connectivity index (χ0) is 15.6. The Morgan fingerprint density at radius 1 is 1.10 bits per heavy atom. The number of carbonyl (C=O) groups excluding carboxylic acids is 2. The molecular weight excluding hydrogens is 270 g/mol. The maximum Gasteiger partial charge on any atom is 0.328 e. The monoisotopic (exact) mass is 293 g/mol. The lowest BCUT2D eigenvalue weighted by Crippen LogP contribution is -2.57. The van der Waals surface area contributed by atoms with Gasteiger partial charge in [0.25, 0.3) is 5.91 Å². The second-order valence-corrected chi connectivity index (χ2v) is 11.4. The van der Waals surface area contributed by atoms with Crippen molar-refractivity contribution in [3.63, 3.8) is 0 Å². The molecule has 0 aliphatic carbocycles. The quantitative estimate of drug-likeness (QED) is 0.618. The van der Waals surface area contributed by atoms with Crippen LogP contribution in [0, 0.1) is 0 Å². The highest BCUT2D eigenvalue weighted by molar-refractivity contribution is 6.79. The second-order valence-electron chi connectivity index (χ2n) is 6.36. The molecule has 0 aliphatic rings. The Labute approximate surface area is 121 Å². The molecule has 4 nitrogen and oxygen atoms in total. The predicted octanol–water partition coefficient (Wildman–Crippen LogP) is 3.61. The fourth-order valence-corrected chi connectivity index (χ4v) is 3.14. The lowest BCUT2D eigenvalue weighted by Gasteiger charge is -2.43. The van der Waals surface area contributed by atoms with E-state index in [1.54, 1.807) is 24.3 Å². The summed E-state index contributed by atoms with van der Waals surface area (Å²) in [6, 6.07) is 8.90. The van der Waals surface area contributed by atoms with E-state index in [4.69, 9.17) is 4.84 Å². The van der Waals surface area contributed by atoms with E-state index in [0.29, 0.717) is 5.56 Å². The van der Waals surface area contributed by atoms with Gasteiger partial charge >= 0.3 is 5.97 Å². The van der Waals surface area contributed by atoms with E-state index in [1.807, 2.05) is 19.2 Å². The molecule has 0 bridgehead atoms. The molecule has 0 spiro atoms. The second kappa shape index (κ2) is 5.79.